The Balaban J connectivity index is 2.59. The fraction of sp³-hybridized carbons (Fsp3) is 0.417. The molecular formula is C12H17ClN2OS. The van der Waals surface area contributed by atoms with Gasteiger partial charge in [0.05, 0.1) is 12.1 Å². The molecule has 5 heteroatoms. The van der Waals surface area contributed by atoms with Crippen LogP contribution in [0.3, 0.4) is 0 Å². The van der Waals surface area contributed by atoms with E-state index < -0.39 is 0 Å². The first-order valence-electron chi connectivity index (χ1n) is 5.41. The zero-order valence-corrected chi connectivity index (χ0v) is 11.8. The van der Waals surface area contributed by atoms with Crippen molar-refractivity contribution in [3.63, 3.8) is 0 Å². The van der Waals surface area contributed by atoms with Gasteiger partial charge in [-0.25, -0.2) is 0 Å². The maximum absolute atomic E-state index is 5.93. The van der Waals surface area contributed by atoms with Crippen molar-refractivity contribution in [2.24, 2.45) is 5.92 Å². The molecule has 0 heterocycles. The van der Waals surface area contributed by atoms with Crippen molar-refractivity contribution in [2.45, 2.75) is 13.8 Å². The van der Waals surface area contributed by atoms with Gasteiger partial charge in [0.15, 0.2) is 5.11 Å². The van der Waals surface area contributed by atoms with E-state index in [1.165, 1.54) is 0 Å². The van der Waals surface area contributed by atoms with Crippen LogP contribution in [-0.2, 0) is 0 Å². The van der Waals surface area contributed by atoms with E-state index in [2.05, 4.69) is 24.5 Å². The van der Waals surface area contributed by atoms with Crippen molar-refractivity contribution in [1.82, 2.24) is 5.32 Å². The summed E-state index contributed by atoms with van der Waals surface area (Å²) >= 11 is 11.1. The van der Waals surface area contributed by atoms with E-state index in [9.17, 15) is 0 Å². The Bertz CT molecular complexity index is 396. The van der Waals surface area contributed by atoms with E-state index in [1.54, 1.807) is 13.2 Å². The van der Waals surface area contributed by atoms with Gasteiger partial charge in [0.25, 0.3) is 0 Å². The predicted octanol–water partition coefficient (Wildman–Crippen LogP) is 3.29. The second-order valence-electron chi connectivity index (χ2n) is 4.08. The third-order valence-corrected chi connectivity index (χ3v) is 2.64. The summed E-state index contributed by atoms with van der Waals surface area (Å²) in [6.45, 7) is 5.10. The van der Waals surface area contributed by atoms with Crippen LogP contribution in [0.15, 0.2) is 18.2 Å². The van der Waals surface area contributed by atoms with Crippen LogP contribution in [0, 0.1) is 5.92 Å². The number of methoxy groups -OCH3 is 1. The highest BCUT2D eigenvalue weighted by molar-refractivity contribution is 7.80. The fourth-order valence-corrected chi connectivity index (χ4v) is 1.61. The number of ether oxygens (including phenoxy) is 1. The van der Waals surface area contributed by atoms with Crippen molar-refractivity contribution in [2.75, 3.05) is 19.0 Å². The third kappa shape index (κ3) is 4.79. The molecule has 0 aromatic heterocycles. The Hall–Kier alpha value is -1.00. The molecule has 17 heavy (non-hydrogen) atoms. The highest BCUT2D eigenvalue weighted by Crippen LogP contribution is 2.27. The number of hydrogen-bond acceptors (Lipinski definition) is 2. The lowest BCUT2D eigenvalue weighted by molar-refractivity contribution is 0.415. The van der Waals surface area contributed by atoms with Gasteiger partial charge in [-0.1, -0.05) is 25.4 Å². The topological polar surface area (TPSA) is 33.3 Å². The number of benzene rings is 1. The SMILES string of the molecule is COc1cc(NC(=S)NCC(C)C)ccc1Cl. The summed E-state index contributed by atoms with van der Waals surface area (Å²) in [6.07, 6.45) is 0. The number of nitrogens with one attached hydrogen (secondary N) is 2. The molecule has 0 aliphatic rings. The van der Waals surface area contributed by atoms with Gasteiger partial charge in [-0.05, 0) is 30.3 Å². The summed E-state index contributed by atoms with van der Waals surface area (Å²) in [5.74, 6) is 1.18. The second-order valence-corrected chi connectivity index (χ2v) is 4.89. The highest BCUT2D eigenvalue weighted by Gasteiger charge is 2.03. The van der Waals surface area contributed by atoms with E-state index >= 15 is 0 Å². The van der Waals surface area contributed by atoms with Gasteiger partial charge in [-0.3, -0.25) is 0 Å². The molecule has 0 unspecified atom stereocenters. The molecule has 0 atom stereocenters. The predicted molar refractivity (Wildman–Crippen MR) is 77.1 cm³/mol. The molecule has 1 aromatic carbocycles. The van der Waals surface area contributed by atoms with E-state index in [1.807, 2.05) is 12.1 Å². The molecule has 0 radical (unpaired) electrons. The minimum absolute atomic E-state index is 0.550. The van der Waals surface area contributed by atoms with E-state index in [4.69, 9.17) is 28.6 Å². The summed E-state index contributed by atoms with van der Waals surface area (Å²) in [6, 6.07) is 5.44. The van der Waals surface area contributed by atoms with Gasteiger partial charge in [-0.2, -0.15) is 0 Å². The summed E-state index contributed by atoms with van der Waals surface area (Å²) in [5, 5.41) is 7.39. The van der Waals surface area contributed by atoms with Crippen LogP contribution >= 0.6 is 23.8 Å². The number of thiocarbonyl (C=S) groups is 1. The Labute approximate surface area is 112 Å². The van der Waals surface area contributed by atoms with Crippen molar-refractivity contribution in [3.8, 4) is 5.75 Å². The zero-order valence-electron chi connectivity index (χ0n) is 10.2. The second kappa shape index (κ2) is 6.67. The molecule has 0 aliphatic heterocycles. The average molecular weight is 273 g/mol. The number of anilines is 1. The quantitative estimate of drug-likeness (QED) is 0.824. The molecule has 0 amide bonds. The first-order chi connectivity index (χ1) is 8.02. The largest absolute Gasteiger partial charge is 0.495 e. The molecule has 3 nitrogen and oxygen atoms in total. The van der Waals surface area contributed by atoms with Gasteiger partial charge in [0.1, 0.15) is 5.75 Å². The van der Waals surface area contributed by atoms with Crippen LogP contribution in [0.1, 0.15) is 13.8 Å². The summed E-state index contributed by atoms with van der Waals surface area (Å²) in [4.78, 5) is 0. The molecular weight excluding hydrogens is 256 g/mol. The molecule has 0 saturated heterocycles. The zero-order chi connectivity index (χ0) is 12.8. The van der Waals surface area contributed by atoms with Crippen molar-refractivity contribution < 1.29 is 4.74 Å². The minimum atomic E-state index is 0.550. The van der Waals surface area contributed by atoms with Crippen molar-refractivity contribution >= 4 is 34.6 Å². The molecule has 2 N–H and O–H groups in total. The van der Waals surface area contributed by atoms with Crippen LogP contribution in [0.5, 0.6) is 5.75 Å². The summed E-state index contributed by atoms with van der Waals surface area (Å²) < 4.78 is 5.13. The molecule has 0 spiro atoms. The lowest BCUT2D eigenvalue weighted by atomic mass is 10.2. The maximum atomic E-state index is 5.93. The molecule has 0 fully saturated rings. The molecule has 0 aliphatic carbocycles. The standard InChI is InChI=1S/C12H17ClN2OS/c1-8(2)7-14-12(17)15-9-4-5-10(13)11(6-9)16-3/h4-6,8H,7H2,1-3H3,(H2,14,15,17). The highest BCUT2D eigenvalue weighted by atomic mass is 35.5. The number of hydrogen-bond donors (Lipinski definition) is 2. The van der Waals surface area contributed by atoms with E-state index in [0.717, 1.165) is 12.2 Å². The Morgan fingerprint density at radius 2 is 2.18 bits per heavy atom. The van der Waals surface area contributed by atoms with Gasteiger partial charge >= 0.3 is 0 Å². The van der Waals surface area contributed by atoms with Crippen molar-refractivity contribution in [1.29, 1.82) is 0 Å². The normalized spacial score (nSPS) is 10.2. The number of rotatable bonds is 4. The van der Waals surface area contributed by atoms with Crippen LogP contribution in [0.2, 0.25) is 5.02 Å². The maximum Gasteiger partial charge on any atom is 0.170 e. The monoisotopic (exact) mass is 272 g/mol. The Kier molecular flexibility index (Phi) is 5.51. The van der Waals surface area contributed by atoms with Crippen LogP contribution in [0.25, 0.3) is 0 Å². The minimum Gasteiger partial charge on any atom is -0.495 e. The average Bonchev–Trinajstić information content (AvgIpc) is 2.29. The Morgan fingerprint density at radius 1 is 1.47 bits per heavy atom. The molecule has 0 bridgehead atoms. The van der Waals surface area contributed by atoms with Gasteiger partial charge in [0, 0.05) is 18.3 Å². The van der Waals surface area contributed by atoms with E-state index in [0.29, 0.717) is 21.8 Å². The summed E-state index contributed by atoms with van der Waals surface area (Å²) in [5.41, 5.74) is 0.854. The van der Waals surface area contributed by atoms with Crippen molar-refractivity contribution in [3.05, 3.63) is 23.2 Å². The van der Waals surface area contributed by atoms with Crippen LogP contribution < -0.4 is 15.4 Å². The lowest BCUT2D eigenvalue weighted by Gasteiger charge is -2.13. The number of halogens is 1. The van der Waals surface area contributed by atoms with Gasteiger partial charge in [0.2, 0.25) is 0 Å². The third-order valence-electron chi connectivity index (χ3n) is 2.08. The molecule has 1 aromatic rings. The Morgan fingerprint density at radius 3 is 2.76 bits per heavy atom. The lowest BCUT2D eigenvalue weighted by Crippen LogP contribution is -2.31. The summed E-state index contributed by atoms with van der Waals surface area (Å²) in [7, 11) is 1.58. The fourth-order valence-electron chi connectivity index (χ4n) is 1.21. The van der Waals surface area contributed by atoms with Gasteiger partial charge < -0.3 is 15.4 Å². The van der Waals surface area contributed by atoms with Crippen LogP contribution in [-0.4, -0.2) is 18.8 Å². The van der Waals surface area contributed by atoms with E-state index in [-0.39, 0.29) is 0 Å². The first kappa shape index (κ1) is 14.1. The first-order valence-corrected chi connectivity index (χ1v) is 6.20. The molecule has 1 rings (SSSR count). The van der Waals surface area contributed by atoms with Crippen LogP contribution in [0.4, 0.5) is 5.69 Å². The smallest absolute Gasteiger partial charge is 0.170 e. The van der Waals surface area contributed by atoms with Gasteiger partial charge in [-0.15, -0.1) is 0 Å². The molecule has 0 saturated carbocycles. The molecule has 94 valence electrons.